The van der Waals surface area contributed by atoms with Gasteiger partial charge in [-0.2, -0.15) is 5.48 Å². The zero-order valence-corrected chi connectivity index (χ0v) is 9.59. The summed E-state index contributed by atoms with van der Waals surface area (Å²) in [6, 6.07) is 9.57. The Labute approximate surface area is 104 Å². The number of rotatable bonds is 4. The number of carbonyl (C=O) groups is 3. The van der Waals surface area contributed by atoms with E-state index in [4.69, 9.17) is 0 Å². The molecule has 2 amide bonds. The summed E-state index contributed by atoms with van der Waals surface area (Å²) in [4.78, 5) is 36.2. The van der Waals surface area contributed by atoms with E-state index in [1.54, 1.807) is 6.42 Å². The van der Waals surface area contributed by atoms with Crippen LogP contribution in [-0.4, -0.2) is 17.8 Å². The predicted molar refractivity (Wildman–Crippen MR) is 62.5 cm³/mol. The summed E-state index contributed by atoms with van der Waals surface area (Å²) < 4.78 is 0. The van der Waals surface area contributed by atoms with Crippen molar-refractivity contribution in [1.82, 2.24) is 5.48 Å². The molecule has 1 aromatic rings. The molecule has 6 heteroatoms. The Morgan fingerprint density at radius 3 is 2.50 bits per heavy atom. The van der Waals surface area contributed by atoms with Crippen LogP contribution in [0.4, 0.5) is 0 Å². The molecule has 1 aromatic carbocycles. The fraction of sp³-hybridized carbons (Fsp3) is 0.167. The van der Waals surface area contributed by atoms with Crippen LogP contribution in [0.15, 0.2) is 30.3 Å². The number of primary amides is 1. The van der Waals surface area contributed by atoms with Gasteiger partial charge in [-0.15, -0.1) is 0 Å². The van der Waals surface area contributed by atoms with E-state index < -0.39 is 17.8 Å². The maximum atomic E-state index is 11.2. The zero-order chi connectivity index (χ0) is 13.4. The summed E-state index contributed by atoms with van der Waals surface area (Å²) in [7, 11) is 0. The fourth-order valence-electron chi connectivity index (χ4n) is 1.18. The molecule has 0 spiro atoms. The normalized spacial score (nSPS) is 9.56. The van der Waals surface area contributed by atoms with E-state index in [9.17, 15) is 14.4 Å². The highest BCUT2D eigenvalue weighted by atomic mass is 16.7. The van der Waals surface area contributed by atoms with Gasteiger partial charge in [0.1, 0.15) is 0 Å². The second-order valence-electron chi connectivity index (χ2n) is 3.46. The first-order chi connectivity index (χ1) is 8.59. The van der Waals surface area contributed by atoms with Crippen LogP contribution in [-0.2, 0) is 25.6 Å². The van der Waals surface area contributed by atoms with E-state index >= 15 is 0 Å². The van der Waals surface area contributed by atoms with Crippen molar-refractivity contribution in [1.29, 1.82) is 0 Å². The summed E-state index contributed by atoms with van der Waals surface area (Å²) >= 11 is 0. The number of nitrogens with two attached hydrogens (primary N) is 1. The molecule has 0 fully saturated rings. The lowest BCUT2D eigenvalue weighted by molar-refractivity contribution is -0.163. The van der Waals surface area contributed by atoms with Crippen molar-refractivity contribution < 1.29 is 19.2 Å². The molecule has 1 radical (unpaired) electrons. The largest absolute Gasteiger partial charge is 0.420 e. The van der Waals surface area contributed by atoms with Crippen molar-refractivity contribution in [2.24, 2.45) is 5.73 Å². The van der Waals surface area contributed by atoms with Gasteiger partial charge < -0.3 is 10.6 Å². The van der Waals surface area contributed by atoms with Crippen molar-refractivity contribution in [3.8, 4) is 0 Å². The third-order valence-electron chi connectivity index (χ3n) is 2.01. The first-order valence-electron chi connectivity index (χ1n) is 5.24. The number of hydroxylamine groups is 1. The van der Waals surface area contributed by atoms with Crippen molar-refractivity contribution in [3.63, 3.8) is 0 Å². The lowest BCUT2D eigenvalue weighted by atomic mass is 10.1. The van der Waals surface area contributed by atoms with E-state index in [1.165, 1.54) is 0 Å². The minimum absolute atomic E-state index is 0.0704. The minimum Gasteiger partial charge on any atom is -0.360 e. The molecule has 3 N–H and O–H groups in total. The molecule has 95 valence electrons. The predicted octanol–water partition coefficient (Wildman–Crippen LogP) is -0.117. The smallest absolute Gasteiger partial charge is 0.360 e. The third kappa shape index (κ3) is 5.11. The number of hydrogen-bond donors (Lipinski definition) is 2. The Kier molecular flexibility index (Phi) is 5.37. The average Bonchev–Trinajstić information content (AvgIpc) is 2.37. The van der Waals surface area contributed by atoms with Crippen LogP contribution in [0.2, 0.25) is 0 Å². The number of hydrogen-bond acceptors (Lipinski definition) is 4. The van der Waals surface area contributed by atoms with Crippen LogP contribution < -0.4 is 11.2 Å². The number of amides is 2. The van der Waals surface area contributed by atoms with Gasteiger partial charge in [0.05, 0.1) is 0 Å². The highest BCUT2D eigenvalue weighted by Crippen LogP contribution is 2.03. The monoisotopic (exact) mass is 249 g/mol. The molecule has 18 heavy (non-hydrogen) atoms. The SMILES string of the molecule is NC(=O)C(=O)ONC(=O)C[CH]Cc1ccccc1. The molecule has 0 aliphatic heterocycles. The first kappa shape index (κ1) is 13.7. The lowest BCUT2D eigenvalue weighted by Gasteiger charge is -2.03. The molecule has 0 atom stereocenters. The maximum Gasteiger partial charge on any atom is 0.420 e. The van der Waals surface area contributed by atoms with Gasteiger partial charge in [-0.05, 0) is 18.4 Å². The van der Waals surface area contributed by atoms with E-state index in [-0.39, 0.29) is 6.42 Å². The van der Waals surface area contributed by atoms with Gasteiger partial charge in [0.2, 0.25) is 0 Å². The molecule has 0 saturated carbocycles. The fourth-order valence-corrected chi connectivity index (χ4v) is 1.18. The van der Waals surface area contributed by atoms with Crippen LogP contribution in [0.1, 0.15) is 12.0 Å². The molecule has 0 bridgehead atoms. The summed E-state index contributed by atoms with van der Waals surface area (Å²) in [5, 5.41) is 0. The molecular weight excluding hydrogens is 236 g/mol. The lowest BCUT2D eigenvalue weighted by Crippen LogP contribution is -2.34. The summed E-state index contributed by atoms with van der Waals surface area (Å²) in [5.41, 5.74) is 7.52. The van der Waals surface area contributed by atoms with Gasteiger partial charge >= 0.3 is 11.9 Å². The Bertz CT molecular complexity index is 431. The van der Waals surface area contributed by atoms with Crippen molar-refractivity contribution in [2.45, 2.75) is 12.8 Å². The van der Waals surface area contributed by atoms with Crippen LogP contribution in [0, 0.1) is 6.42 Å². The van der Waals surface area contributed by atoms with E-state index in [0.717, 1.165) is 5.56 Å². The Morgan fingerprint density at radius 1 is 1.22 bits per heavy atom. The molecule has 0 saturated heterocycles. The topological polar surface area (TPSA) is 98.5 Å². The molecule has 0 unspecified atom stereocenters. The summed E-state index contributed by atoms with van der Waals surface area (Å²) in [5.74, 6) is -3.09. The van der Waals surface area contributed by atoms with Crippen molar-refractivity contribution >= 4 is 17.8 Å². The van der Waals surface area contributed by atoms with E-state index in [0.29, 0.717) is 6.42 Å². The molecule has 1 rings (SSSR count). The average molecular weight is 249 g/mol. The summed E-state index contributed by atoms with van der Waals surface area (Å²) in [6.07, 6.45) is 2.42. The van der Waals surface area contributed by atoms with E-state index in [1.807, 2.05) is 35.8 Å². The molecule has 0 heterocycles. The Balaban J connectivity index is 2.18. The highest BCUT2D eigenvalue weighted by Gasteiger charge is 2.12. The van der Waals surface area contributed by atoms with Gasteiger partial charge in [-0.25, -0.2) is 4.79 Å². The second kappa shape index (κ2) is 7.05. The zero-order valence-electron chi connectivity index (χ0n) is 9.59. The quantitative estimate of drug-likeness (QED) is 0.574. The van der Waals surface area contributed by atoms with Gasteiger partial charge in [-0.3, -0.25) is 9.59 Å². The van der Waals surface area contributed by atoms with Gasteiger partial charge in [0.25, 0.3) is 5.91 Å². The third-order valence-corrected chi connectivity index (χ3v) is 2.01. The Morgan fingerprint density at radius 2 is 1.89 bits per heavy atom. The van der Waals surface area contributed by atoms with Crippen LogP contribution in [0.3, 0.4) is 0 Å². The Hall–Kier alpha value is -2.37. The van der Waals surface area contributed by atoms with Crippen LogP contribution >= 0.6 is 0 Å². The van der Waals surface area contributed by atoms with Crippen molar-refractivity contribution in [2.75, 3.05) is 0 Å². The number of benzene rings is 1. The second-order valence-corrected chi connectivity index (χ2v) is 3.46. The first-order valence-corrected chi connectivity index (χ1v) is 5.24. The number of carbonyl (C=O) groups excluding carboxylic acids is 3. The molecule has 0 aromatic heterocycles. The van der Waals surface area contributed by atoms with Gasteiger partial charge in [-0.1, -0.05) is 30.3 Å². The van der Waals surface area contributed by atoms with Gasteiger partial charge in [0.15, 0.2) is 0 Å². The van der Waals surface area contributed by atoms with Crippen molar-refractivity contribution in [3.05, 3.63) is 42.3 Å². The van der Waals surface area contributed by atoms with Crippen LogP contribution in [0.25, 0.3) is 0 Å². The molecule has 0 aliphatic rings. The van der Waals surface area contributed by atoms with Gasteiger partial charge in [0, 0.05) is 6.42 Å². The number of nitrogens with one attached hydrogen (secondary N) is 1. The molecule has 0 aliphatic carbocycles. The minimum atomic E-state index is -1.30. The molecule has 6 nitrogen and oxygen atoms in total. The maximum absolute atomic E-state index is 11.2. The molecular formula is C12H13N2O4. The van der Waals surface area contributed by atoms with Crippen LogP contribution in [0.5, 0.6) is 0 Å². The highest BCUT2D eigenvalue weighted by molar-refractivity contribution is 6.31. The standard InChI is InChI=1S/C12H13N2O4/c13-11(16)12(17)18-14-10(15)8-4-7-9-5-2-1-3-6-9/h1-6H,7-8H2,(H2,13,16)(H,14,15). The van der Waals surface area contributed by atoms with E-state index in [2.05, 4.69) is 10.6 Å². The summed E-state index contributed by atoms with van der Waals surface area (Å²) in [6.45, 7) is 0.